The fourth-order valence-electron chi connectivity index (χ4n) is 1.26. The maximum Gasteiger partial charge on any atom is 0.172 e. The van der Waals surface area contributed by atoms with E-state index in [1.165, 1.54) is 0 Å². The van der Waals surface area contributed by atoms with Crippen LogP contribution in [0.15, 0.2) is 46.7 Å². The first-order valence-electron chi connectivity index (χ1n) is 4.77. The molecular formula is C11H12N2OS. The monoisotopic (exact) mass is 220 g/mol. The van der Waals surface area contributed by atoms with E-state index in [9.17, 15) is 0 Å². The van der Waals surface area contributed by atoms with Crippen LogP contribution < -0.4 is 0 Å². The minimum absolute atomic E-state index is 0.290. The minimum atomic E-state index is 0.290. The number of phenolic OH excluding ortho intramolecular Hbond substituents is 1. The second-order valence-electron chi connectivity index (χ2n) is 3.09. The Morgan fingerprint density at radius 2 is 2.07 bits per heavy atom. The molecule has 0 aliphatic carbocycles. The molecule has 0 aliphatic heterocycles. The van der Waals surface area contributed by atoms with Crippen molar-refractivity contribution in [3.63, 3.8) is 0 Å². The molecule has 0 atom stereocenters. The normalized spacial score (nSPS) is 10.5. The summed E-state index contributed by atoms with van der Waals surface area (Å²) in [4.78, 5) is 5.35. The lowest BCUT2D eigenvalue weighted by Gasteiger charge is -2.03. The van der Waals surface area contributed by atoms with E-state index in [2.05, 4.69) is 16.5 Å². The van der Waals surface area contributed by atoms with E-state index in [1.54, 1.807) is 30.1 Å². The quantitative estimate of drug-likeness (QED) is 0.864. The molecule has 1 N–H and O–H groups in total. The van der Waals surface area contributed by atoms with E-state index in [0.29, 0.717) is 0 Å². The SMILES string of the molecule is CCn1ccnc1Sc1ccc(O)cc1. The maximum atomic E-state index is 9.15. The molecule has 0 spiro atoms. The highest BCUT2D eigenvalue weighted by Crippen LogP contribution is 2.27. The van der Waals surface area contributed by atoms with Gasteiger partial charge in [0.1, 0.15) is 5.75 Å². The Labute approximate surface area is 92.8 Å². The second kappa shape index (κ2) is 4.40. The van der Waals surface area contributed by atoms with Gasteiger partial charge in [-0.1, -0.05) is 11.8 Å². The van der Waals surface area contributed by atoms with Crippen LogP contribution >= 0.6 is 11.8 Å². The second-order valence-corrected chi connectivity index (χ2v) is 4.13. The van der Waals surface area contributed by atoms with Gasteiger partial charge in [-0.05, 0) is 31.2 Å². The van der Waals surface area contributed by atoms with Gasteiger partial charge in [-0.2, -0.15) is 0 Å². The number of hydrogen-bond donors (Lipinski definition) is 1. The molecule has 4 heteroatoms. The van der Waals surface area contributed by atoms with Crippen molar-refractivity contribution in [1.29, 1.82) is 0 Å². The Hall–Kier alpha value is -1.42. The van der Waals surface area contributed by atoms with Gasteiger partial charge >= 0.3 is 0 Å². The molecular weight excluding hydrogens is 208 g/mol. The van der Waals surface area contributed by atoms with Crippen molar-refractivity contribution in [1.82, 2.24) is 9.55 Å². The van der Waals surface area contributed by atoms with Gasteiger partial charge in [0.05, 0.1) is 0 Å². The van der Waals surface area contributed by atoms with Gasteiger partial charge in [0.25, 0.3) is 0 Å². The fraction of sp³-hybridized carbons (Fsp3) is 0.182. The highest BCUT2D eigenvalue weighted by Gasteiger charge is 2.03. The summed E-state index contributed by atoms with van der Waals surface area (Å²) in [5, 5.41) is 10.1. The number of hydrogen-bond acceptors (Lipinski definition) is 3. The highest BCUT2D eigenvalue weighted by atomic mass is 32.2. The van der Waals surface area contributed by atoms with Crippen LogP contribution in [0.2, 0.25) is 0 Å². The number of rotatable bonds is 3. The number of aromatic nitrogens is 2. The summed E-state index contributed by atoms with van der Waals surface area (Å²) in [6.45, 7) is 3.00. The van der Waals surface area contributed by atoms with E-state index in [4.69, 9.17) is 5.11 Å². The number of phenols is 1. The van der Waals surface area contributed by atoms with Gasteiger partial charge < -0.3 is 9.67 Å². The van der Waals surface area contributed by atoms with Crippen LogP contribution in [0.25, 0.3) is 0 Å². The molecule has 0 saturated heterocycles. The molecule has 0 saturated carbocycles. The van der Waals surface area contributed by atoms with Crippen LogP contribution in [0.1, 0.15) is 6.92 Å². The third-order valence-electron chi connectivity index (χ3n) is 2.06. The standard InChI is InChI=1S/C11H12N2OS/c1-2-13-8-7-12-11(13)15-10-5-3-9(14)4-6-10/h3-8,14H,2H2,1H3. The zero-order chi connectivity index (χ0) is 10.7. The topological polar surface area (TPSA) is 38.0 Å². The summed E-state index contributed by atoms with van der Waals surface area (Å²) in [5.74, 6) is 0.290. The predicted molar refractivity (Wildman–Crippen MR) is 60.1 cm³/mol. The Kier molecular flexibility index (Phi) is 2.97. The van der Waals surface area contributed by atoms with Crippen molar-refractivity contribution in [3.05, 3.63) is 36.7 Å². The Balaban J connectivity index is 2.18. The Bertz CT molecular complexity index is 436. The van der Waals surface area contributed by atoms with Crippen molar-refractivity contribution in [2.45, 2.75) is 23.5 Å². The Morgan fingerprint density at radius 3 is 2.73 bits per heavy atom. The minimum Gasteiger partial charge on any atom is -0.508 e. The van der Waals surface area contributed by atoms with Crippen LogP contribution in [-0.4, -0.2) is 14.7 Å². The average Bonchev–Trinajstić information content (AvgIpc) is 2.69. The molecule has 1 heterocycles. The van der Waals surface area contributed by atoms with E-state index >= 15 is 0 Å². The van der Waals surface area contributed by atoms with Gasteiger partial charge in [0.2, 0.25) is 0 Å². The predicted octanol–water partition coefficient (Wildman–Crippen LogP) is 2.76. The summed E-state index contributed by atoms with van der Waals surface area (Å²) in [7, 11) is 0. The van der Waals surface area contributed by atoms with Crippen molar-refractivity contribution in [2.24, 2.45) is 0 Å². The van der Waals surface area contributed by atoms with E-state index < -0.39 is 0 Å². The summed E-state index contributed by atoms with van der Waals surface area (Å²) in [6, 6.07) is 7.13. The van der Waals surface area contributed by atoms with Gasteiger partial charge in [0.15, 0.2) is 5.16 Å². The molecule has 78 valence electrons. The molecule has 1 aromatic carbocycles. The molecule has 15 heavy (non-hydrogen) atoms. The summed E-state index contributed by atoms with van der Waals surface area (Å²) >= 11 is 1.59. The first-order valence-corrected chi connectivity index (χ1v) is 5.59. The lowest BCUT2D eigenvalue weighted by atomic mass is 10.3. The number of imidazole rings is 1. The van der Waals surface area contributed by atoms with Crippen LogP contribution in [0.3, 0.4) is 0 Å². The molecule has 0 bridgehead atoms. The zero-order valence-electron chi connectivity index (χ0n) is 8.42. The van der Waals surface area contributed by atoms with E-state index in [-0.39, 0.29) is 5.75 Å². The van der Waals surface area contributed by atoms with Crippen LogP contribution in [0.4, 0.5) is 0 Å². The highest BCUT2D eigenvalue weighted by molar-refractivity contribution is 7.99. The molecule has 0 amide bonds. The number of nitrogens with zero attached hydrogens (tertiary/aromatic N) is 2. The third kappa shape index (κ3) is 2.33. The fourth-order valence-corrected chi connectivity index (χ4v) is 2.16. The van der Waals surface area contributed by atoms with Crippen molar-refractivity contribution >= 4 is 11.8 Å². The van der Waals surface area contributed by atoms with E-state index in [1.807, 2.05) is 18.3 Å². The first kappa shape index (κ1) is 10.1. The lowest BCUT2D eigenvalue weighted by molar-refractivity contribution is 0.475. The van der Waals surface area contributed by atoms with Crippen molar-refractivity contribution < 1.29 is 5.11 Å². The van der Waals surface area contributed by atoms with Crippen molar-refractivity contribution in [3.8, 4) is 5.75 Å². The van der Waals surface area contributed by atoms with Gasteiger partial charge in [-0.3, -0.25) is 0 Å². The lowest BCUT2D eigenvalue weighted by Crippen LogP contribution is -1.93. The molecule has 2 aromatic rings. The van der Waals surface area contributed by atoms with Crippen LogP contribution in [0, 0.1) is 0 Å². The number of benzene rings is 1. The molecule has 0 aliphatic rings. The third-order valence-corrected chi connectivity index (χ3v) is 3.09. The van der Waals surface area contributed by atoms with Gasteiger partial charge in [0, 0.05) is 23.8 Å². The molecule has 0 unspecified atom stereocenters. The van der Waals surface area contributed by atoms with Crippen LogP contribution in [0.5, 0.6) is 5.75 Å². The number of aryl methyl sites for hydroxylation is 1. The van der Waals surface area contributed by atoms with Gasteiger partial charge in [-0.25, -0.2) is 4.98 Å². The smallest absolute Gasteiger partial charge is 0.172 e. The summed E-state index contributed by atoms with van der Waals surface area (Å²) in [6.07, 6.45) is 3.76. The molecule has 2 rings (SSSR count). The first-order chi connectivity index (χ1) is 7.29. The largest absolute Gasteiger partial charge is 0.508 e. The summed E-state index contributed by atoms with van der Waals surface area (Å²) in [5.41, 5.74) is 0. The average molecular weight is 220 g/mol. The summed E-state index contributed by atoms with van der Waals surface area (Å²) < 4.78 is 2.08. The molecule has 1 aromatic heterocycles. The van der Waals surface area contributed by atoms with Crippen LogP contribution in [-0.2, 0) is 6.54 Å². The van der Waals surface area contributed by atoms with Gasteiger partial charge in [-0.15, -0.1) is 0 Å². The van der Waals surface area contributed by atoms with Crippen molar-refractivity contribution in [2.75, 3.05) is 0 Å². The molecule has 3 nitrogen and oxygen atoms in total. The Morgan fingerprint density at radius 1 is 1.33 bits per heavy atom. The zero-order valence-corrected chi connectivity index (χ0v) is 9.24. The molecule has 0 radical (unpaired) electrons. The van der Waals surface area contributed by atoms with E-state index in [0.717, 1.165) is 16.6 Å². The maximum absolute atomic E-state index is 9.15. The number of aromatic hydroxyl groups is 1. The molecule has 0 fully saturated rings.